The molecular weight excluding hydrogens is 415 g/mol. The highest BCUT2D eigenvalue weighted by Crippen LogP contribution is 2.33. The molecule has 3 aromatic rings. The Labute approximate surface area is 174 Å². The highest BCUT2D eigenvalue weighted by molar-refractivity contribution is 7.13. The fraction of sp³-hybridized carbons (Fsp3) is 0.0952. The highest BCUT2D eigenvalue weighted by Gasteiger charge is 2.30. The summed E-state index contributed by atoms with van der Waals surface area (Å²) >= 11 is 1.03. The van der Waals surface area contributed by atoms with Gasteiger partial charge in [-0.25, -0.2) is 4.98 Å². The number of carbonyl (C=O) groups excluding carboxylic acids is 2. The largest absolute Gasteiger partial charge is 0.416 e. The lowest BCUT2D eigenvalue weighted by Gasteiger charge is -2.07. The third-order valence-electron chi connectivity index (χ3n) is 3.90. The van der Waals surface area contributed by atoms with Crippen LogP contribution >= 0.6 is 11.3 Å². The van der Waals surface area contributed by atoms with Gasteiger partial charge in [-0.3, -0.25) is 9.59 Å². The van der Waals surface area contributed by atoms with E-state index < -0.39 is 23.6 Å². The summed E-state index contributed by atoms with van der Waals surface area (Å²) in [6, 6.07) is 11.4. The molecule has 2 aromatic carbocycles. The van der Waals surface area contributed by atoms with E-state index in [2.05, 4.69) is 21.5 Å². The lowest BCUT2D eigenvalue weighted by atomic mass is 10.1. The Balaban J connectivity index is 1.61. The van der Waals surface area contributed by atoms with E-state index in [0.717, 1.165) is 23.5 Å². The fourth-order valence-electron chi connectivity index (χ4n) is 2.48. The minimum atomic E-state index is -4.47. The number of amides is 2. The van der Waals surface area contributed by atoms with E-state index in [-0.39, 0.29) is 22.8 Å². The summed E-state index contributed by atoms with van der Waals surface area (Å²) in [4.78, 5) is 28.3. The molecule has 0 fully saturated rings. The molecule has 0 saturated heterocycles. The molecule has 3 rings (SSSR count). The van der Waals surface area contributed by atoms with Gasteiger partial charge in [-0.1, -0.05) is 24.1 Å². The molecule has 0 aliphatic carbocycles. The number of terminal acetylenes is 1. The lowest BCUT2D eigenvalue weighted by Crippen LogP contribution is -2.33. The van der Waals surface area contributed by atoms with Crippen LogP contribution in [-0.4, -0.2) is 23.3 Å². The van der Waals surface area contributed by atoms with Gasteiger partial charge in [0, 0.05) is 22.2 Å². The predicted molar refractivity (Wildman–Crippen MR) is 108 cm³/mol. The molecule has 0 saturated carbocycles. The molecule has 5 nitrogen and oxygen atoms in total. The molecule has 1 heterocycles. The summed E-state index contributed by atoms with van der Waals surface area (Å²) < 4.78 is 38.6. The predicted octanol–water partition coefficient (Wildman–Crippen LogP) is 4.18. The molecule has 0 spiro atoms. The maximum Gasteiger partial charge on any atom is 0.416 e. The van der Waals surface area contributed by atoms with Crippen molar-refractivity contribution in [2.24, 2.45) is 0 Å². The number of alkyl halides is 3. The Hall–Kier alpha value is -3.64. The Bertz CT molecular complexity index is 1130. The maximum absolute atomic E-state index is 12.9. The normalized spacial score (nSPS) is 10.9. The molecule has 2 amide bonds. The van der Waals surface area contributed by atoms with Crippen LogP contribution in [0.25, 0.3) is 10.6 Å². The van der Waals surface area contributed by atoms with Crippen molar-refractivity contribution in [3.05, 3.63) is 70.7 Å². The molecule has 0 atom stereocenters. The number of thiazole rings is 1. The van der Waals surface area contributed by atoms with E-state index in [1.165, 1.54) is 17.5 Å². The van der Waals surface area contributed by atoms with E-state index in [0.29, 0.717) is 11.3 Å². The van der Waals surface area contributed by atoms with Crippen LogP contribution in [0.1, 0.15) is 21.6 Å². The number of halogens is 3. The summed E-state index contributed by atoms with van der Waals surface area (Å²) in [5.74, 6) is 1.37. The number of nitrogens with zero attached hydrogens (tertiary/aromatic N) is 1. The van der Waals surface area contributed by atoms with E-state index in [9.17, 15) is 22.8 Å². The maximum atomic E-state index is 12.9. The summed E-state index contributed by atoms with van der Waals surface area (Å²) in [6.45, 7) is -0.310. The highest BCUT2D eigenvalue weighted by atomic mass is 32.1. The zero-order valence-corrected chi connectivity index (χ0v) is 16.1. The third kappa shape index (κ3) is 5.24. The topological polar surface area (TPSA) is 71.1 Å². The number of aromatic nitrogens is 1. The minimum absolute atomic E-state index is 0.00883. The second-order valence-corrected chi connectivity index (χ2v) is 6.93. The number of carbonyl (C=O) groups is 2. The smallest absolute Gasteiger partial charge is 0.342 e. The molecule has 30 heavy (non-hydrogen) atoms. The van der Waals surface area contributed by atoms with Crippen molar-refractivity contribution in [1.29, 1.82) is 0 Å². The Kier molecular flexibility index (Phi) is 6.18. The average molecular weight is 429 g/mol. The summed E-state index contributed by atoms with van der Waals surface area (Å²) in [5.41, 5.74) is 0.549. The van der Waals surface area contributed by atoms with E-state index in [1.807, 2.05) is 0 Å². The van der Waals surface area contributed by atoms with Gasteiger partial charge in [-0.05, 0) is 30.3 Å². The number of hydrogen-bond acceptors (Lipinski definition) is 4. The van der Waals surface area contributed by atoms with Gasteiger partial charge in [0.1, 0.15) is 10.7 Å². The molecule has 0 unspecified atom stereocenters. The lowest BCUT2D eigenvalue weighted by molar-refractivity contribution is -0.137. The van der Waals surface area contributed by atoms with Crippen molar-refractivity contribution in [3.63, 3.8) is 0 Å². The Morgan fingerprint density at radius 2 is 1.90 bits per heavy atom. The SMILES string of the molecule is C#Cc1cccc(NC(=O)CNC(=O)c2csc(-c3cccc(C(F)(F)F)c3)n2)c1. The molecule has 152 valence electrons. The van der Waals surface area contributed by atoms with Gasteiger partial charge >= 0.3 is 6.18 Å². The molecule has 0 aliphatic rings. The first-order chi connectivity index (χ1) is 14.3. The third-order valence-corrected chi connectivity index (χ3v) is 4.79. The van der Waals surface area contributed by atoms with Gasteiger partial charge in [0.2, 0.25) is 5.91 Å². The zero-order chi connectivity index (χ0) is 21.7. The number of hydrogen-bond donors (Lipinski definition) is 2. The first-order valence-electron chi connectivity index (χ1n) is 8.54. The summed E-state index contributed by atoms with van der Waals surface area (Å²) in [5, 5.41) is 6.70. The first kappa shape index (κ1) is 21.1. The summed E-state index contributed by atoms with van der Waals surface area (Å²) in [7, 11) is 0. The molecule has 1 aromatic heterocycles. The summed E-state index contributed by atoms with van der Waals surface area (Å²) in [6.07, 6.45) is 0.833. The molecule has 0 aliphatic heterocycles. The fourth-order valence-corrected chi connectivity index (χ4v) is 3.28. The zero-order valence-electron chi connectivity index (χ0n) is 15.3. The van der Waals surface area contributed by atoms with Crippen molar-refractivity contribution in [2.75, 3.05) is 11.9 Å². The van der Waals surface area contributed by atoms with Gasteiger partial charge in [-0.15, -0.1) is 17.8 Å². The minimum Gasteiger partial charge on any atom is -0.342 e. The van der Waals surface area contributed by atoms with Crippen molar-refractivity contribution >= 4 is 28.8 Å². The molecule has 0 bridgehead atoms. The quantitative estimate of drug-likeness (QED) is 0.598. The molecule has 0 radical (unpaired) electrons. The van der Waals surface area contributed by atoms with Crippen LogP contribution in [0.2, 0.25) is 0 Å². The van der Waals surface area contributed by atoms with Crippen molar-refractivity contribution in [3.8, 4) is 22.9 Å². The first-order valence-corrected chi connectivity index (χ1v) is 9.42. The van der Waals surface area contributed by atoms with Crippen LogP contribution < -0.4 is 10.6 Å². The van der Waals surface area contributed by atoms with Crippen LogP contribution in [-0.2, 0) is 11.0 Å². The Morgan fingerprint density at radius 1 is 1.13 bits per heavy atom. The monoisotopic (exact) mass is 429 g/mol. The number of rotatable bonds is 5. The van der Waals surface area contributed by atoms with Crippen LogP contribution in [0, 0.1) is 12.3 Å². The van der Waals surface area contributed by atoms with E-state index in [1.54, 1.807) is 24.3 Å². The van der Waals surface area contributed by atoms with Crippen molar-refractivity contribution in [2.45, 2.75) is 6.18 Å². The van der Waals surface area contributed by atoms with Crippen molar-refractivity contribution in [1.82, 2.24) is 10.3 Å². The van der Waals surface area contributed by atoms with Crippen LogP contribution in [0.4, 0.5) is 18.9 Å². The number of benzene rings is 2. The number of nitrogens with one attached hydrogen (secondary N) is 2. The Morgan fingerprint density at radius 3 is 2.63 bits per heavy atom. The second kappa shape index (κ2) is 8.80. The van der Waals surface area contributed by atoms with Gasteiger partial charge < -0.3 is 10.6 Å². The van der Waals surface area contributed by atoms with Crippen LogP contribution in [0.5, 0.6) is 0 Å². The van der Waals surface area contributed by atoms with Gasteiger partial charge in [0.05, 0.1) is 12.1 Å². The van der Waals surface area contributed by atoms with Crippen LogP contribution in [0.3, 0.4) is 0 Å². The van der Waals surface area contributed by atoms with Crippen molar-refractivity contribution < 1.29 is 22.8 Å². The van der Waals surface area contributed by atoms with Gasteiger partial charge in [0.15, 0.2) is 0 Å². The molecular formula is C21H14F3N3O2S. The average Bonchev–Trinajstić information content (AvgIpc) is 3.22. The molecule has 9 heteroatoms. The standard InChI is InChI=1S/C21H14F3N3O2S/c1-2-13-5-3-8-16(9-13)26-18(28)11-25-19(29)17-12-30-20(27-17)14-6-4-7-15(10-14)21(22,23)24/h1,3-10,12H,11H2,(H,25,29)(H,26,28). The van der Waals surface area contributed by atoms with E-state index >= 15 is 0 Å². The van der Waals surface area contributed by atoms with Gasteiger partial charge in [-0.2, -0.15) is 13.2 Å². The van der Waals surface area contributed by atoms with Gasteiger partial charge in [0.25, 0.3) is 5.91 Å². The number of anilines is 1. The van der Waals surface area contributed by atoms with E-state index in [4.69, 9.17) is 6.42 Å². The molecule has 2 N–H and O–H groups in total. The second-order valence-electron chi connectivity index (χ2n) is 6.07. The van der Waals surface area contributed by atoms with Crippen LogP contribution in [0.15, 0.2) is 53.9 Å².